The smallest absolute Gasteiger partial charge is 0.263 e. The van der Waals surface area contributed by atoms with Crippen LogP contribution in [0.25, 0.3) is 0 Å². The molecule has 2 rings (SSSR count). The van der Waals surface area contributed by atoms with Crippen molar-refractivity contribution in [2.24, 2.45) is 5.92 Å². The van der Waals surface area contributed by atoms with Crippen LogP contribution in [-0.2, 0) is 6.54 Å². The van der Waals surface area contributed by atoms with Crippen LogP contribution >= 0.6 is 0 Å². The van der Waals surface area contributed by atoms with Crippen LogP contribution in [-0.4, -0.2) is 32.3 Å². The SMILES string of the molecule is Cc1ncc(C(=O)N(Cc2ccccn2)CC(C)C)c(=O)[nH]1. The molecule has 0 spiro atoms. The molecule has 0 saturated heterocycles. The number of aromatic nitrogens is 3. The summed E-state index contributed by atoms with van der Waals surface area (Å²) in [6, 6.07) is 5.56. The van der Waals surface area contributed by atoms with Crippen molar-refractivity contribution in [1.82, 2.24) is 19.9 Å². The maximum atomic E-state index is 12.7. The summed E-state index contributed by atoms with van der Waals surface area (Å²) in [6.45, 7) is 6.63. The van der Waals surface area contributed by atoms with Crippen LogP contribution in [0.1, 0.15) is 35.7 Å². The maximum absolute atomic E-state index is 12.7. The molecule has 116 valence electrons. The van der Waals surface area contributed by atoms with E-state index in [1.54, 1.807) is 18.0 Å². The number of hydrogen-bond acceptors (Lipinski definition) is 4. The number of pyridine rings is 1. The van der Waals surface area contributed by atoms with Crippen molar-refractivity contribution in [3.63, 3.8) is 0 Å². The van der Waals surface area contributed by atoms with E-state index in [1.807, 2.05) is 32.0 Å². The lowest BCUT2D eigenvalue weighted by molar-refractivity contribution is 0.0718. The van der Waals surface area contributed by atoms with Crippen LogP contribution in [0.15, 0.2) is 35.4 Å². The van der Waals surface area contributed by atoms with Gasteiger partial charge < -0.3 is 9.88 Å². The molecule has 0 atom stereocenters. The van der Waals surface area contributed by atoms with Gasteiger partial charge in [0.15, 0.2) is 0 Å². The first kappa shape index (κ1) is 15.9. The second-order valence-electron chi connectivity index (χ2n) is 5.61. The lowest BCUT2D eigenvalue weighted by Crippen LogP contribution is -2.37. The van der Waals surface area contributed by atoms with Gasteiger partial charge in [0.25, 0.3) is 11.5 Å². The molecule has 0 fully saturated rings. The molecular weight excluding hydrogens is 280 g/mol. The van der Waals surface area contributed by atoms with E-state index in [9.17, 15) is 9.59 Å². The van der Waals surface area contributed by atoms with E-state index in [-0.39, 0.29) is 17.4 Å². The van der Waals surface area contributed by atoms with Gasteiger partial charge in [-0.2, -0.15) is 0 Å². The van der Waals surface area contributed by atoms with Crippen LogP contribution < -0.4 is 5.56 Å². The van der Waals surface area contributed by atoms with Gasteiger partial charge in [0, 0.05) is 18.9 Å². The molecule has 22 heavy (non-hydrogen) atoms. The highest BCUT2D eigenvalue weighted by Gasteiger charge is 2.20. The zero-order chi connectivity index (χ0) is 16.1. The number of nitrogens with zero attached hydrogens (tertiary/aromatic N) is 3. The predicted octanol–water partition coefficient (Wildman–Crippen LogP) is 1.77. The summed E-state index contributed by atoms with van der Waals surface area (Å²) in [5.74, 6) is 0.444. The van der Waals surface area contributed by atoms with Gasteiger partial charge in [0.1, 0.15) is 11.4 Å². The van der Waals surface area contributed by atoms with Gasteiger partial charge in [0.05, 0.1) is 12.2 Å². The number of H-pyrrole nitrogens is 1. The second-order valence-corrected chi connectivity index (χ2v) is 5.61. The molecule has 2 aromatic rings. The topological polar surface area (TPSA) is 79.0 Å². The predicted molar refractivity (Wildman–Crippen MR) is 83.4 cm³/mol. The van der Waals surface area contributed by atoms with Gasteiger partial charge in [-0.05, 0) is 25.0 Å². The van der Waals surface area contributed by atoms with Gasteiger partial charge >= 0.3 is 0 Å². The number of nitrogens with one attached hydrogen (secondary N) is 1. The minimum absolute atomic E-state index is 0.0576. The summed E-state index contributed by atoms with van der Waals surface area (Å²) in [6.07, 6.45) is 3.02. The Balaban J connectivity index is 2.28. The fourth-order valence-corrected chi connectivity index (χ4v) is 2.15. The molecule has 0 unspecified atom stereocenters. The second kappa shape index (κ2) is 6.98. The Morgan fingerprint density at radius 1 is 1.32 bits per heavy atom. The Morgan fingerprint density at radius 2 is 2.09 bits per heavy atom. The normalized spacial score (nSPS) is 10.7. The van der Waals surface area contributed by atoms with Crippen LogP contribution in [0.3, 0.4) is 0 Å². The monoisotopic (exact) mass is 300 g/mol. The molecule has 2 aromatic heterocycles. The minimum atomic E-state index is -0.410. The number of aromatic amines is 1. The third-order valence-corrected chi connectivity index (χ3v) is 3.11. The van der Waals surface area contributed by atoms with Crippen LogP contribution in [0.4, 0.5) is 0 Å². The molecule has 0 bridgehead atoms. The van der Waals surface area contributed by atoms with Crippen molar-refractivity contribution < 1.29 is 4.79 Å². The molecule has 0 aromatic carbocycles. The van der Waals surface area contributed by atoms with E-state index in [0.717, 1.165) is 5.69 Å². The van der Waals surface area contributed by atoms with Crippen molar-refractivity contribution in [2.75, 3.05) is 6.54 Å². The lowest BCUT2D eigenvalue weighted by Gasteiger charge is -2.24. The first-order valence-electron chi connectivity index (χ1n) is 7.22. The summed E-state index contributed by atoms with van der Waals surface area (Å²) >= 11 is 0. The Kier molecular flexibility index (Phi) is 5.04. The Labute approximate surface area is 129 Å². The van der Waals surface area contributed by atoms with Crippen molar-refractivity contribution in [3.8, 4) is 0 Å². The zero-order valence-corrected chi connectivity index (χ0v) is 13.0. The Bertz CT molecular complexity index is 695. The minimum Gasteiger partial charge on any atom is -0.332 e. The van der Waals surface area contributed by atoms with Gasteiger partial charge in [-0.25, -0.2) is 4.98 Å². The number of rotatable bonds is 5. The molecule has 6 heteroatoms. The number of aryl methyl sites for hydroxylation is 1. The summed E-state index contributed by atoms with van der Waals surface area (Å²) in [5, 5.41) is 0. The van der Waals surface area contributed by atoms with Crippen molar-refractivity contribution in [1.29, 1.82) is 0 Å². The number of hydrogen-bond donors (Lipinski definition) is 1. The fraction of sp³-hybridized carbons (Fsp3) is 0.375. The summed E-state index contributed by atoms with van der Waals surface area (Å²) in [4.78, 5) is 37.1. The third kappa shape index (κ3) is 4.00. The summed E-state index contributed by atoms with van der Waals surface area (Å²) < 4.78 is 0. The first-order chi connectivity index (χ1) is 10.5. The molecule has 0 saturated carbocycles. The molecule has 0 radical (unpaired) electrons. The van der Waals surface area contributed by atoms with E-state index >= 15 is 0 Å². The maximum Gasteiger partial charge on any atom is 0.263 e. The molecule has 0 aliphatic heterocycles. The highest BCUT2D eigenvalue weighted by molar-refractivity contribution is 5.93. The zero-order valence-electron chi connectivity index (χ0n) is 13.0. The molecule has 0 aliphatic rings. The number of carbonyl (C=O) groups excluding carboxylic acids is 1. The summed E-state index contributed by atoms with van der Waals surface area (Å²) in [5.41, 5.74) is 0.433. The molecule has 6 nitrogen and oxygen atoms in total. The van der Waals surface area contributed by atoms with Gasteiger partial charge in [-0.15, -0.1) is 0 Å². The van der Waals surface area contributed by atoms with E-state index in [0.29, 0.717) is 18.9 Å². The van der Waals surface area contributed by atoms with Crippen LogP contribution in [0, 0.1) is 12.8 Å². The van der Waals surface area contributed by atoms with E-state index in [1.165, 1.54) is 6.20 Å². The van der Waals surface area contributed by atoms with E-state index in [2.05, 4.69) is 15.0 Å². The average molecular weight is 300 g/mol. The largest absolute Gasteiger partial charge is 0.332 e. The van der Waals surface area contributed by atoms with Crippen LogP contribution in [0.2, 0.25) is 0 Å². The van der Waals surface area contributed by atoms with Gasteiger partial charge in [0.2, 0.25) is 0 Å². The van der Waals surface area contributed by atoms with Gasteiger partial charge in [-0.3, -0.25) is 14.6 Å². The molecule has 1 amide bonds. The first-order valence-corrected chi connectivity index (χ1v) is 7.22. The van der Waals surface area contributed by atoms with E-state index in [4.69, 9.17) is 0 Å². The van der Waals surface area contributed by atoms with Crippen molar-refractivity contribution in [3.05, 3.63) is 58.0 Å². The molecule has 0 aliphatic carbocycles. The average Bonchev–Trinajstić information content (AvgIpc) is 2.46. The van der Waals surface area contributed by atoms with Crippen molar-refractivity contribution in [2.45, 2.75) is 27.3 Å². The third-order valence-electron chi connectivity index (χ3n) is 3.11. The standard InChI is InChI=1S/C16H20N4O2/c1-11(2)9-20(10-13-6-4-5-7-17-13)16(22)14-8-18-12(3)19-15(14)21/h4-8,11H,9-10H2,1-3H3,(H,18,19,21). The van der Waals surface area contributed by atoms with Crippen molar-refractivity contribution >= 4 is 5.91 Å². The summed E-state index contributed by atoms with van der Waals surface area (Å²) in [7, 11) is 0. The van der Waals surface area contributed by atoms with E-state index < -0.39 is 5.56 Å². The highest BCUT2D eigenvalue weighted by Crippen LogP contribution is 2.09. The Morgan fingerprint density at radius 3 is 2.68 bits per heavy atom. The number of carbonyl (C=O) groups is 1. The fourth-order valence-electron chi connectivity index (χ4n) is 2.15. The Hall–Kier alpha value is -2.50. The number of amides is 1. The molecule has 1 N–H and O–H groups in total. The van der Waals surface area contributed by atoms with Gasteiger partial charge in [-0.1, -0.05) is 19.9 Å². The quantitative estimate of drug-likeness (QED) is 0.912. The van der Waals surface area contributed by atoms with Crippen LogP contribution in [0.5, 0.6) is 0 Å². The molecule has 2 heterocycles. The molecular formula is C16H20N4O2. The lowest BCUT2D eigenvalue weighted by atomic mass is 10.1. The highest BCUT2D eigenvalue weighted by atomic mass is 16.2.